The molecule has 1 aromatic heterocycles. The largest absolute Gasteiger partial charge is 0.508 e. The third kappa shape index (κ3) is 3.38. The van der Waals surface area contributed by atoms with Gasteiger partial charge in [0.1, 0.15) is 5.75 Å². The van der Waals surface area contributed by atoms with Gasteiger partial charge < -0.3 is 5.11 Å². The summed E-state index contributed by atoms with van der Waals surface area (Å²) in [5, 5.41) is 13.1. The third-order valence-corrected chi connectivity index (χ3v) is 11.3. The second-order valence-electron chi connectivity index (χ2n) is 10.0. The number of allylic oxidation sites excluding steroid dienone is 2. The van der Waals surface area contributed by atoms with Crippen LogP contribution in [0.2, 0.25) is 5.02 Å². The van der Waals surface area contributed by atoms with Crippen LogP contribution in [0.3, 0.4) is 0 Å². The van der Waals surface area contributed by atoms with Gasteiger partial charge in [-0.25, -0.2) is 0 Å². The smallest absolute Gasteiger partial charge is 0.254 e. The summed E-state index contributed by atoms with van der Waals surface area (Å²) >= 11 is 25.2. The molecule has 12 heteroatoms. The molecule has 4 amide bonds. The van der Waals surface area contributed by atoms with Crippen LogP contribution in [0, 0.1) is 17.8 Å². The number of phenolic OH excluding ortho intramolecular Hbond substituents is 1. The zero-order valence-corrected chi connectivity index (χ0v) is 24.2. The number of alkyl halides is 3. The number of nitrogens with zero attached hydrogens (tertiary/aromatic N) is 2. The molecule has 2 saturated heterocycles. The number of imide groups is 2. The minimum absolute atomic E-state index is 0.108. The van der Waals surface area contributed by atoms with E-state index in [1.54, 1.807) is 0 Å². The monoisotopic (exact) mass is 656 g/mol. The number of phenols is 1. The van der Waals surface area contributed by atoms with Crippen molar-refractivity contribution in [3.05, 3.63) is 62.8 Å². The van der Waals surface area contributed by atoms with Crippen LogP contribution < -0.4 is 0 Å². The Bertz CT molecular complexity index is 1430. The molecule has 1 aromatic carbocycles. The second-order valence-corrected chi connectivity index (χ2v) is 13.2. The number of hydrogen-bond acceptors (Lipinski definition) is 6. The third-order valence-electron chi connectivity index (χ3n) is 8.30. The van der Waals surface area contributed by atoms with Gasteiger partial charge in [0.25, 0.3) is 11.8 Å². The first-order chi connectivity index (χ1) is 18.0. The van der Waals surface area contributed by atoms with Gasteiger partial charge >= 0.3 is 0 Å². The molecule has 6 atom stereocenters. The predicted octanol–water partition coefficient (Wildman–Crippen LogP) is 5.02. The number of fused-ring (bicyclic) bond motifs is 4. The van der Waals surface area contributed by atoms with E-state index in [4.69, 9.17) is 34.8 Å². The second kappa shape index (κ2) is 9.06. The molecule has 0 bridgehead atoms. The zero-order chi connectivity index (χ0) is 27.1. The van der Waals surface area contributed by atoms with E-state index < -0.39 is 45.2 Å². The Morgan fingerprint density at radius 1 is 1.05 bits per heavy atom. The lowest BCUT2D eigenvalue weighted by molar-refractivity contribution is -0.141. The highest BCUT2D eigenvalue weighted by Crippen LogP contribution is 2.66. The summed E-state index contributed by atoms with van der Waals surface area (Å²) in [4.78, 5) is 53.8. The Kier molecular flexibility index (Phi) is 6.28. The first-order valence-electron chi connectivity index (χ1n) is 11.9. The van der Waals surface area contributed by atoms with E-state index in [1.807, 2.05) is 23.6 Å². The Morgan fingerprint density at radius 3 is 2.50 bits per heavy atom. The SMILES string of the molecule is O=C1C2CC=C3C(CC4(Cl)C(=O)N(CBr)C(=O)C4(Cl)C3c3cc(Cl)ccc3O)C2C(=O)N1Cc1cccs1. The van der Waals surface area contributed by atoms with Crippen molar-refractivity contribution in [1.82, 2.24) is 9.80 Å². The maximum Gasteiger partial charge on any atom is 0.254 e. The highest BCUT2D eigenvalue weighted by Gasteiger charge is 2.76. The quantitative estimate of drug-likeness (QED) is 0.216. The van der Waals surface area contributed by atoms with Crippen LogP contribution in [0.4, 0.5) is 0 Å². The van der Waals surface area contributed by atoms with Crippen molar-refractivity contribution in [1.29, 1.82) is 0 Å². The highest BCUT2D eigenvalue weighted by atomic mass is 79.9. The number of hydrogen-bond donors (Lipinski definition) is 1. The van der Waals surface area contributed by atoms with Crippen LogP contribution in [0.1, 0.15) is 29.2 Å². The summed E-state index contributed by atoms with van der Waals surface area (Å²) < 4.78 is 0. The van der Waals surface area contributed by atoms with Gasteiger partial charge in [-0.05, 0) is 48.4 Å². The number of carbonyl (C=O) groups is 4. The molecule has 4 aliphatic rings. The van der Waals surface area contributed by atoms with Crippen molar-refractivity contribution >= 4 is 85.7 Å². The molecule has 198 valence electrons. The van der Waals surface area contributed by atoms with Gasteiger partial charge in [0.05, 0.1) is 23.8 Å². The molecule has 1 N–H and O–H groups in total. The Balaban J connectivity index is 1.51. The number of amides is 4. The van der Waals surface area contributed by atoms with Gasteiger partial charge in [0.15, 0.2) is 9.75 Å². The molecular formula is C26H20BrCl3N2O5S. The average molecular weight is 659 g/mol. The van der Waals surface area contributed by atoms with E-state index in [2.05, 4.69) is 15.9 Å². The number of carbonyl (C=O) groups excluding carboxylic acids is 4. The van der Waals surface area contributed by atoms with Crippen LogP contribution in [-0.4, -0.2) is 53.7 Å². The Morgan fingerprint density at radius 2 is 1.82 bits per heavy atom. The minimum Gasteiger partial charge on any atom is -0.508 e. The fourth-order valence-electron chi connectivity index (χ4n) is 6.63. The normalized spacial score (nSPS) is 34.4. The molecule has 0 spiro atoms. The maximum absolute atomic E-state index is 13.8. The van der Waals surface area contributed by atoms with E-state index >= 15 is 0 Å². The highest BCUT2D eigenvalue weighted by molar-refractivity contribution is 9.09. The molecule has 2 aromatic rings. The summed E-state index contributed by atoms with van der Waals surface area (Å²) in [5.74, 6) is -5.27. The van der Waals surface area contributed by atoms with Gasteiger partial charge in [-0.1, -0.05) is 45.2 Å². The van der Waals surface area contributed by atoms with E-state index in [0.29, 0.717) is 5.57 Å². The van der Waals surface area contributed by atoms with Gasteiger partial charge in [-0.3, -0.25) is 29.0 Å². The molecule has 3 heterocycles. The lowest BCUT2D eigenvalue weighted by Crippen LogP contribution is -2.60. The number of likely N-dealkylation sites (tertiary alicyclic amines) is 2. The van der Waals surface area contributed by atoms with Crippen molar-refractivity contribution in [2.75, 3.05) is 5.45 Å². The maximum atomic E-state index is 13.8. The molecule has 2 aliphatic carbocycles. The van der Waals surface area contributed by atoms with E-state index in [-0.39, 0.29) is 53.0 Å². The van der Waals surface area contributed by atoms with Crippen LogP contribution in [-0.2, 0) is 25.7 Å². The van der Waals surface area contributed by atoms with Crippen molar-refractivity contribution in [2.45, 2.75) is 35.1 Å². The molecule has 2 aliphatic heterocycles. The lowest BCUT2D eigenvalue weighted by atomic mass is 9.56. The molecule has 0 radical (unpaired) electrons. The average Bonchev–Trinajstić information content (AvgIpc) is 3.52. The molecule has 38 heavy (non-hydrogen) atoms. The number of benzene rings is 1. The van der Waals surface area contributed by atoms with E-state index in [1.165, 1.54) is 34.4 Å². The molecule has 7 nitrogen and oxygen atoms in total. The first-order valence-corrected chi connectivity index (χ1v) is 15.0. The van der Waals surface area contributed by atoms with Crippen LogP contribution in [0.15, 0.2) is 47.4 Å². The van der Waals surface area contributed by atoms with Crippen LogP contribution >= 0.6 is 62.1 Å². The summed E-state index contributed by atoms with van der Waals surface area (Å²) in [6.07, 6.45) is 1.97. The zero-order valence-electron chi connectivity index (χ0n) is 19.6. The first kappa shape index (κ1) is 26.3. The van der Waals surface area contributed by atoms with Crippen molar-refractivity contribution in [3.8, 4) is 5.75 Å². The summed E-state index contributed by atoms with van der Waals surface area (Å²) in [5.41, 5.74) is 0.715. The topological polar surface area (TPSA) is 95.0 Å². The standard InChI is InChI=1S/C26H20BrCl3N2O5S/c27-11-32-23(36)25(29)9-17-14(20(26(25,30)24(32)37)16-8-12(28)3-6-18(16)33)4-5-15-19(17)22(35)31(21(15)34)10-13-2-1-7-38-13/h1-4,6-8,15,17,19-20,33H,5,9-11H2. The number of halogens is 4. The Labute approximate surface area is 245 Å². The molecule has 6 unspecified atom stereocenters. The summed E-state index contributed by atoms with van der Waals surface area (Å²) in [6, 6.07) is 8.10. The number of rotatable bonds is 4. The van der Waals surface area contributed by atoms with Crippen molar-refractivity contribution in [3.63, 3.8) is 0 Å². The van der Waals surface area contributed by atoms with Gasteiger partial charge in [-0.2, -0.15) is 0 Å². The van der Waals surface area contributed by atoms with Crippen LogP contribution in [0.5, 0.6) is 5.75 Å². The summed E-state index contributed by atoms with van der Waals surface area (Å²) in [7, 11) is 0. The molecular weight excluding hydrogens is 639 g/mol. The predicted molar refractivity (Wildman–Crippen MR) is 146 cm³/mol. The molecule has 1 saturated carbocycles. The summed E-state index contributed by atoms with van der Waals surface area (Å²) in [6.45, 7) is 0.170. The minimum atomic E-state index is -1.99. The van der Waals surface area contributed by atoms with E-state index in [0.717, 1.165) is 9.78 Å². The number of aromatic hydroxyl groups is 1. The fourth-order valence-corrected chi connectivity index (χ4v) is 8.93. The Hall–Kier alpha value is -1.91. The van der Waals surface area contributed by atoms with Crippen LogP contribution in [0.25, 0.3) is 0 Å². The van der Waals surface area contributed by atoms with Gasteiger partial charge in [0.2, 0.25) is 11.8 Å². The van der Waals surface area contributed by atoms with Gasteiger partial charge in [-0.15, -0.1) is 34.5 Å². The lowest BCUT2D eigenvalue weighted by Gasteiger charge is -2.50. The van der Waals surface area contributed by atoms with Crippen molar-refractivity contribution in [2.24, 2.45) is 17.8 Å². The van der Waals surface area contributed by atoms with Gasteiger partial charge in [0, 0.05) is 21.4 Å². The van der Waals surface area contributed by atoms with E-state index in [9.17, 15) is 24.3 Å². The molecule has 6 rings (SSSR count). The fraction of sp³-hybridized carbons (Fsp3) is 0.385. The molecule has 3 fully saturated rings. The van der Waals surface area contributed by atoms with Crippen molar-refractivity contribution < 1.29 is 24.3 Å². The number of thiophene rings is 1.